The Bertz CT molecular complexity index is 445. The van der Waals surface area contributed by atoms with Crippen molar-refractivity contribution in [3.63, 3.8) is 0 Å². The number of carbonyl (C=O) groups excluding carboxylic acids is 3. The molecule has 2 rings (SSSR count). The first kappa shape index (κ1) is 37.3. The highest BCUT2D eigenvalue weighted by Gasteiger charge is 2.25. The summed E-state index contributed by atoms with van der Waals surface area (Å²) in [5.41, 5.74) is 0. The van der Waals surface area contributed by atoms with Crippen molar-refractivity contribution in [2.75, 3.05) is 45.9 Å². The number of carbonyl (C=O) groups is 3. The van der Waals surface area contributed by atoms with E-state index in [0.717, 1.165) is 64.7 Å². The zero-order valence-electron chi connectivity index (χ0n) is 20.1. The van der Waals surface area contributed by atoms with Crippen LogP contribution in [0.5, 0.6) is 0 Å². The zero-order chi connectivity index (χ0) is 23.9. The van der Waals surface area contributed by atoms with E-state index < -0.39 is 0 Å². The van der Waals surface area contributed by atoms with Crippen molar-refractivity contribution in [1.82, 2.24) is 10.2 Å². The molecule has 0 aliphatic carbocycles. The monoisotopic (exact) mass is 796 g/mol. The molecule has 2 fully saturated rings. The van der Waals surface area contributed by atoms with Crippen molar-refractivity contribution < 1.29 is 23.9 Å². The molecule has 0 aromatic carbocycles. The van der Waals surface area contributed by atoms with Crippen LogP contribution in [0.15, 0.2) is 0 Å². The molecule has 0 aromatic rings. The molecule has 0 aromatic heterocycles. The van der Waals surface area contributed by atoms with Gasteiger partial charge in [0.2, 0.25) is 0 Å². The molecule has 0 saturated carbocycles. The van der Waals surface area contributed by atoms with Gasteiger partial charge in [0.25, 0.3) is 0 Å². The molecular weight excluding hydrogens is 753 g/mol. The molecule has 32 heavy (non-hydrogen) atoms. The van der Waals surface area contributed by atoms with E-state index in [4.69, 9.17) is 9.47 Å². The van der Waals surface area contributed by atoms with Crippen molar-refractivity contribution in [2.24, 2.45) is 11.8 Å². The Morgan fingerprint density at radius 2 is 1.31 bits per heavy atom. The van der Waals surface area contributed by atoms with E-state index in [9.17, 15) is 14.4 Å². The van der Waals surface area contributed by atoms with Gasteiger partial charge in [0.1, 0.15) is 6.29 Å². The lowest BCUT2D eigenvalue weighted by Crippen LogP contribution is -2.37. The smallest absolute Gasteiger partial charge is 0.309 e. The number of nitrogens with zero attached hydrogens (tertiary/aromatic N) is 1. The normalized spacial score (nSPS) is 16.3. The summed E-state index contributed by atoms with van der Waals surface area (Å²) in [4.78, 5) is 34.2. The number of hydrogen-bond donors (Lipinski definition) is 1. The number of rotatable bonds is 7. The van der Waals surface area contributed by atoms with Gasteiger partial charge >= 0.3 is 11.9 Å². The number of piperidine rings is 2. The molecule has 2 aliphatic rings. The van der Waals surface area contributed by atoms with Crippen molar-refractivity contribution in [3.05, 3.63) is 0 Å². The molecule has 7 nitrogen and oxygen atoms in total. The van der Waals surface area contributed by atoms with Gasteiger partial charge in [0, 0.05) is 43.7 Å². The fourth-order valence-electron chi connectivity index (χ4n) is 3.29. The van der Waals surface area contributed by atoms with Crippen molar-refractivity contribution >= 4 is 79.4 Å². The third kappa shape index (κ3) is 20.1. The number of nitrogens with one attached hydrogen (secondary N) is 1. The van der Waals surface area contributed by atoms with E-state index in [1.165, 1.54) is 6.42 Å². The summed E-state index contributed by atoms with van der Waals surface area (Å²) in [6, 6.07) is 0. The van der Waals surface area contributed by atoms with E-state index in [2.05, 4.69) is 54.4 Å². The average molecular weight is 796 g/mol. The maximum absolute atomic E-state index is 11.4. The van der Waals surface area contributed by atoms with E-state index in [1.807, 2.05) is 20.8 Å². The Kier molecular flexibility index (Phi) is 32.6. The molecule has 0 bridgehead atoms. The van der Waals surface area contributed by atoms with Crippen LogP contribution in [-0.2, 0) is 23.9 Å². The summed E-state index contributed by atoms with van der Waals surface area (Å²) in [6.45, 7) is 13.9. The lowest BCUT2D eigenvalue weighted by molar-refractivity contribution is -0.150. The molecule has 2 aliphatic heterocycles. The topological polar surface area (TPSA) is 84.9 Å². The highest BCUT2D eigenvalue weighted by atomic mass is 128. The predicted molar refractivity (Wildman–Crippen MR) is 158 cm³/mol. The first-order chi connectivity index (χ1) is 15.0. The molecule has 0 spiro atoms. The second kappa shape index (κ2) is 28.0. The molecule has 0 atom stereocenters. The number of esters is 2. The maximum atomic E-state index is 11.4. The van der Waals surface area contributed by atoms with Gasteiger partial charge in [-0.3, -0.25) is 9.59 Å². The molecule has 2 heterocycles. The third-order valence-corrected chi connectivity index (χ3v) is 4.87. The van der Waals surface area contributed by atoms with Crippen LogP contribution in [0.25, 0.3) is 0 Å². The summed E-state index contributed by atoms with van der Waals surface area (Å²) in [5, 5.41) is 3.20. The predicted octanol–water partition coefficient (Wildman–Crippen LogP) is 5.21. The van der Waals surface area contributed by atoms with Gasteiger partial charge in [-0.05, 0) is 78.7 Å². The van der Waals surface area contributed by atoms with Crippen LogP contribution in [0.1, 0.15) is 66.2 Å². The van der Waals surface area contributed by atoms with Gasteiger partial charge < -0.3 is 24.5 Å². The first-order valence-corrected chi connectivity index (χ1v) is 17.7. The standard InChI is InChI=1S/C11H21NO2.C8H15NO2.C3H6O.I2.HI/c1-3-7-12-8-5-10(6-9-12)11(13)14-4-2;1-2-11-8(10)7-3-5-9-6-4-7;1-2-3-4;1-2;/h10H,3-9H2,1-2H3;7,9H,2-6H2,1H3;3H,2H2,1H3;;1H. The van der Waals surface area contributed by atoms with Gasteiger partial charge in [0.15, 0.2) is 0 Å². The molecule has 1 N–H and O–H groups in total. The molecule has 192 valence electrons. The highest BCUT2D eigenvalue weighted by Crippen LogP contribution is 2.18. The highest BCUT2D eigenvalue weighted by molar-refractivity contribution is 15.0. The number of likely N-dealkylation sites (tertiary alicyclic amines) is 1. The van der Waals surface area contributed by atoms with Gasteiger partial charge in [-0.15, -0.1) is 24.0 Å². The molecule has 0 amide bonds. The summed E-state index contributed by atoms with van der Waals surface area (Å²) >= 11 is 4.24. The van der Waals surface area contributed by atoms with Crippen LogP contribution in [0.2, 0.25) is 0 Å². The Hall–Kier alpha value is 0.720. The molecule has 0 radical (unpaired) electrons. The lowest BCUT2D eigenvalue weighted by Gasteiger charge is -2.30. The summed E-state index contributed by atoms with van der Waals surface area (Å²) < 4.78 is 9.93. The van der Waals surface area contributed by atoms with Gasteiger partial charge in [-0.25, -0.2) is 0 Å². The molecule has 2 saturated heterocycles. The van der Waals surface area contributed by atoms with Crippen molar-refractivity contribution in [1.29, 1.82) is 0 Å². The van der Waals surface area contributed by atoms with Gasteiger partial charge in [-0.2, -0.15) is 0 Å². The molecule has 0 unspecified atom stereocenters. The Morgan fingerprint density at radius 3 is 1.66 bits per heavy atom. The largest absolute Gasteiger partial charge is 0.466 e. The Morgan fingerprint density at radius 1 is 0.906 bits per heavy atom. The number of ether oxygens (including phenoxy) is 2. The Labute approximate surface area is 235 Å². The zero-order valence-corrected chi connectivity index (χ0v) is 26.7. The fourth-order valence-corrected chi connectivity index (χ4v) is 3.29. The molecule has 10 heteroatoms. The Balaban J connectivity index is -0.000000418. The summed E-state index contributed by atoms with van der Waals surface area (Å²) in [5.74, 6) is 0.289. The number of halogens is 3. The summed E-state index contributed by atoms with van der Waals surface area (Å²) in [6.07, 6.45) is 6.51. The molecular formula is C22H43I3N2O5. The second-order valence-corrected chi connectivity index (χ2v) is 7.22. The minimum atomic E-state index is -0.0194. The van der Waals surface area contributed by atoms with Crippen LogP contribution in [0.4, 0.5) is 0 Å². The van der Waals surface area contributed by atoms with Crippen molar-refractivity contribution in [2.45, 2.75) is 66.2 Å². The van der Waals surface area contributed by atoms with Crippen LogP contribution < -0.4 is 5.32 Å². The maximum Gasteiger partial charge on any atom is 0.309 e. The fraction of sp³-hybridized carbons (Fsp3) is 0.864. The SMILES string of the molecule is CCC=O.CCCN1CCC(C(=O)OCC)CC1.CCOC(=O)C1CCNCC1.I.II. The second-order valence-electron chi connectivity index (χ2n) is 7.22. The lowest BCUT2D eigenvalue weighted by atomic mass is 9.97. The minimum Gasteiger partial charge on any atom is -0.466 e. The average Bonchev–Trinajstić information content (AvgIpc) is 2.82. The van der Waals surface area contributed by atoms with Crippen LogP contribution in [0.3, 0.4) is 0 Å². The van der Waals surface area contributed by atoms with Gasteiger partial charge in [0.05, 0.1) is 25.0 Å². The number of aldehydes is 1. The number of hydrogen-bond acceptors (Lipinski definition) is 7. The van der Waals surface area contributed by atoms with Gasteiger partial charge in [-0.1, -0.05) is 13.8 Å². The van der Waals surface area contributed by atoms with Crippen LogP contribution >= 0.6 is 61.2 Å². The minimum absolute atomic E-state index is 0. The summed E-state index contributed by atoms with van der Waals surface area (Å²) in [7, 11) is 0. The first-order valence-electron chi connectivity index (χ1n) is 11.4. The van der Waals surface area contributed by atoms with Crippen LogP contribution in [-0.4, -0.2) is 69.1 Å². The third-order valence-electron chi connectivity index (χ3n) is 4.87. The van der Waals surface area contributed by atoms with Crippen molar-refractivity contribution in [3.8, 4) is 0 Å². The van der Waals surface area contributed by atoms with E-state index in [0.29, 0.717) is 19.6 Å². The van der Waals surface area contributed by atoms with E-state index >= 15 is 0 Å². The van der Waals surface area contributed by atoms with E-state index in [1.54, 1.807) is 0 Å². The van der Waals surface area contributed by atoms with E-state index in [-0.39, 0.29) is 47.8 Å². The van der Waals surface area contributed by atoms with Crippen LogP contribution in [0, 0.1) is 11.8 Å². The quantitative estimate of drug-likeness (QED) is 0.216.